The van der Waals surface area contributed by atoms with Crippen LogP contribution in [0.3, 0.4) is 0 Å². The van der Waals surface area contributed by atoms with Crippen molar-refractivity contribution in [2.24, 2.45) is 11.8 Å². The maximum absolute atomic E-state index is 12.7. The second kappa shape index (κ2) is 6.33. The number of aliphatic hydroxyl groups is 1. The first-order valence-corrected chi connectivity index (χ1v) is 8.25. The highest BCUT2D eigenvalue weighted by atomic mass is 16.5. The number of nitrogens with one attached hydrogen (secondary N) is 1. The van der Waals surface area contributed by atoms with Crippen LogP contribution in [0, 0.1) is 18.8 Å². The quantitative estimate of drug-likeness (QED) is 0.399. The Morgan fingerprint density at radius 3 is 2.77 bits per heavy atom. The third-order valence-corrected chi connectivity index (χ3v) is 5.31. The molecule has 0 aromatic carbocycles. The summed E-state index contributed by atoms with van der Waals surface area (Å²) in [6.07, 6.45) is 3.44. The molecule has 2 N–H and O–H groups in total. The van der Waals surface area contributed by atoms with Gasteiger partial charge in [-0.15, -0.1) is 6.58 Å². The van der Waals surface area contributed by atoms with Crippen LogP contribution in [0.15, 0.2) is 18.9 Å². The predicted molar refractivity (Wildman–Crippen MR) is 89.6 cm³/mol. The fourth-order valence-corrected chi connectivity index (χ4v) is 4.06. The van der Waals surface area contributed by atoms with Crippen molar-refractivity contribution in [3.8, 4) is 0 Å². The highest BCUT2D eigenvalue weighted by Gasteiger charge is 2.68. The summed E-state index contributed by atoms with van der Waals surface area (Å²) in [5.74, 6) is -3.54. The highest BCUT2D eigenvalue weighted by molar-refractivity contribution is 6.09. The molecule has 2 aliphatic rings. The lowest BCUT2D eigenvalue weighted by molar-refractivity contribution is -0.156. The predicted octanol–water partition coefficient (Wildman–Crippen LogP) is -0.843. The van der Waals surface area contributed by atoms with Gasteiger partial charge in [0.25, 0.3) is 0 Å². The second-order valence-corrected chi connectivity index (χ2v) is 6.66. The summed E-state index contributed by atoms with van der Waals surface area (Å²) in [6, 6.07) is -0.647. The topological polar surface area (TPSA) is 114 Å². The number of amides is 2. The SMILES string of the molecule is C=CCn1cc([C@@H]2N[C@](CO)(C(=O)OC)[C@@H]3C(=O)N(C)C(=O)[C@@H]32)c(C)n1. The second-order valence-electron chi connectivity index (χ2n) is 6.66. The molecule has 0 spiro atoms. The summed E-state index contributed by atoms with van der Waals surface area (Å²) in [6.45, 7) is 5.28. The molecular weight excluding hydrogens is 340 g/mol. The largest absolute Gasteiger partial charge is 0.468 e. The summed E-state index contributed by atoms with van der Waals surface area (Å²) in [5.41, 5.74) is -0.316. The number of imide groups is 1. The van der Waals surface area contributed by atoms with E-state index in [2.05, 4.69) is 17.0 Å². The highest BCUT2D eigenvalue weighted by Crippen LogP contribution is 2.49. The molecule has 3 heterocycles. The van der Waals surface area contributed by atoms with Crippen LogP contribution >= 0.6 is 0 Å². The number of ether oxygens (including phenoxy) is 1. The molecule has 2 saturated heterocycles. The van der Waals surface area contributed by atoms with E-state index in [-0.39, 0.29) is 0 Å². The minimum atomic E-state index is -1.67. The molecule has 2 amide bonds. The maximum Gasteiger partial charge on any atom is 0.329 e. The first kappa shape index (κ1) is 18.3. The molecule has 9 heteroatoms. The molecule has 26 heavy (non-hydrogen) atoms. The van der Waals surface area contributed by atoms with Crippen LogP contribution in [0.25, 0.3) is 0 Å². The summed E-state index contributed by atoms with van der Waals surface area (Å²) < 4.78 is 6.50. The van der Waals surface area contributed by atoms with Gasteiger partial charge in [0.2, 0.25) is 11.8 Å². The van der Waals surface area contributed by atoms with E-state index in [0.29, 0.717) is 17.8 Å². The van der Waals surface area contributed by atoms with E-state index in [1.165, 1.54) is 14.2 Å². The van der Waals surface area contributed by atoms with Crippen LogP contribution in [0.5, 0.6) is 0 Å². The average Bonchev–Trinajstić information content (AvgIpc) is 3.23. The van der Waals surface area contributed by atoms with E-state index < -0.39 is 47.8 Å². The van der Waals surface area contributed by atoms with Gasteiger partial charge < -0.3 is 9.84 Å². The Bertz CT molecular complexity index is 788. The van der Waals surface area contributed by atoms with Crippen molar-refractivity contribution in [1.29, 1.82) is 0 Å². The molecule has 140 valence electrons. The number of methoxy groups -OCH3 is 1. The van der Waals surface area contributed by atoms with Crippen molar-refractivity contribution in [2.45, 2.75) is 25.0 Å². The molecule has 2 aliphatic heterocycles. The van der Waals surface area contributed by atoms with Crippen LogP contribution in [-0.2, 0) is 25.7 Å². The Hall–Kier alpha value is -2.52. The zero-order valence-electron chi connectivity index (χ0n) is 14.9. The van der Waals surface area contributed by atoms with E-state index in [4.69, 9.17) is 4.74 Å². The van der Waals surface area contributed by atoms with Crippen molar-refractivity contribution in [3.05, 3.63) is 30.1 Å². The minimum absolute atomic E-state index is 0.396. The Balaban J connectivity index is 2.13. The number of carbonyl (C=O) groups excluding carboxylic acids is 3. The molecule has 1 aromatic heterocycles. The van der Waals surface area contributed by atoms with Gasteiger partial charge in [0.15, 0.2) is 5.54 Å². The van der Waals surface area contributed by atoms with E-state index in [1.807, 2.05) is 0 Å². The molecule has 0 saturated carbocycles. The number of nitrogens with zero attached hydrogens (tertiary/aromatic N) is 3. The van der Waals surface area contributed by atoms with E-state index in [1.54, 1.807) is 23.9 Å². The number of fused-ring (bicyclic) bond motifs is 1. The molecule has 0 radical (unpaired) electrons. The Labute approximate surface area is 150 Å². The number of aliphatic hydroxyl groups excluding tert-OH is 1. The Kier molecular flexibility index (Phi) is 4.45. The standard InChI is InChI=1S/C17H22N4O5/c1-5-6-21-7-10(9(2)19-21)13-11-12(15(24)20(3)14(11)23)17(8-22,18-13)16(25)26-4/h5,7,11-13,18,22H,1,6,8H2,2-4H3/t11-,12-,13-,17-/m0/s1. The number of aryl methyl sites for hydroxylation is 1. The van der Waals surface area contributed by atoms with Crippen LogP contribution in [-0.4, -0.2) is 63.9 Å². The van der Waals surface area contributed by atoms with Gasteiger partial charge in [-0.25, -0.2) is 4.79 Å². The molecule has 2 fully saturated rings. The molecule has 1 aromatic rings. The number of esters is 1. The van der Waals surface area contributed by atoms with Crippen LogP contribution < -0.4 is 5.32 Å². The lowest BCUT2D eigenvalue weighted by Gasteiger charge is -2.29. The van der Waals surface area contributed by atoms with Crippen LogP contribution in [0.1, 0.15) is 17.3 Å². The van der Waals surface area contributed by atoms with Gasteiger partial charge in [-0.05, 0) is 6.92 Å². The summed E-state index contributed by atoms with van der Waals surface area (Å²) >= 11 is 0. The van der Waals surface area contributed by atoms with Crippen LogP contribution in [0.4, 0.5) is 0 Å². The monoisotopic (exact) mass is 362 g/mol. The first-order valence-electron chi connectivity index (χ1n) is 8.25. The molecule has 0 aliphatic carbocycles. The van der Waals surface area contributed by atoms with Gasteiger partial charge in [-0.2, -0.15) is 5.10 Å². The van der Waals surface area contributed by atoms with Gasteiger partial charge in [0.1, 0.15) is 0 Å². The van der Waals surface area contributed by atoms with Gasteiger partial charge in [-0.3, -0.25) is 24.5 Å². The molecule has 3 rings (SSSR count). The van der Waals surface area contributed by atoms with Gasteiger partial charge in [0.05, 0.1) is 37.8 Å². The summed E-state index contributed by atoms with van der Waals surface area (Å²) in [7, 11) is 2.57. The number of allylic oxidation sites excluding steroid dienone is 1. The lowest BCUT2D eigenvalue weighted by Crippen LogP contribution is -2.58. The number of rotatable bonds is 5. The van der Waals surface area contributed by atoms with Crippen molar-refractivity contribution in [3.63, 3.8) is 0 Å². The van der Waals surface area contributed by atoms with Crippen LogP contribution in [0.2, 0.25) is 0 Å². The zero-order chi connectivity index (χ0) is 19.2. The smallest absolute Gasteiger partial charge is 0.329 e. The number of carbonyl (C=O) groups is 3. The number of hydrogen-bond donors (Lipinski definition) is 2. The van der Waals surface area contributed by atoms with Crippen molar-refractivity contribution in [2.75, 3.05) is 20.8 Å². The van der Waals surface area contributed by atoms with E-state index in [0.717, 1.165) is 4.90 Å². The minimum Gasteiger partial charge on any atom is -0.468 e. The fraction of sp³-hybridized carbons (Fsp3) is 0.529. The summed E-state index contributed by atoms with van der Waals surface area (Å²) in [5, 5.41) is 17.4. The number of likely N-dealkylation sites (tertiary alicyclic amines) is 1. The number of aromatic nitrogens is 2. The van der Waals surface area contributed by atoms with Gasteiger partial charge in [0, 0.05) is 24.8 Å². The van der Waals surface area contributed by atoms with E-state index >= 15 is 0 Å². The zero-order valence-corrected chi connectivity index (χ0v) is 14.9. The normalized spacial score (nSPS) is 30.6. The molecular formula is C17H22N4O5. The molecule has 9 nitrogen and oxygen atoms in total. The van der Waals surface area contributed by atoms with Gasteiger partial charge >= 0.3 is 5.97 Å². The van der Waals surface area contributed by atoms with Gasteiger partial charge in [-0.1, -0.05) is 6.08 Å². The third-order valence-electron chi connectivity index (χ3n) is 5.31. The van der Waals surface area contributed by atoms with Crippen molar-refractivity contribution < 1.29 is 24.2 Å². The average molecular weight is 362 g/mol. The third kappa shape index (κ3) is 2.31. The maximum atomic E-state index is 12.7. The Morgan fingerprint density at radius 1 is 1.50 bits per heavy atom. The number of hydrogen-bond acceptors (Lipinski definition) is 7. The first-order chi connectivity index (χ1) is 12.3. The molecule has 0 unspecified atom stereocenters. The van der Waals surface area contributed by atoms with E-state index in [9.17, 15) is 19.5 Å². The fourth-order valence-electron chi connectivity index (χ4n) is 4.06. The lowest BCUT2D eigenvalue weighted by atomic mass is 9.79. The van der Waals surface area contributed by atoms with Crippen molar-refractivity contribution >= 4 is 17.8 Å². The Morgan fingerprint density at radius 2 is 2.19 bits per heavy atom. The summed E-state index contributed by atoms with van der Waals surface area (Å²) in [4.78, 5) is 38.9. The van der Waals surface area contributed by atoms with Crippen molar-refractivity contribution in [1.82, 2.24) is 20.0 Å². The molecule has 4 atom stereocenters. The molecule has 0 bridgehead atoms.